The van der Waals surface area contributed by atoms with E-state index in [1.54, 1.807) is 6.07 Å². The lowest BCUT2D eigenvalue weighted by molar-refractivity contribution is -0.122. The normalized spacial score (nSPS) is 22.0. The first-order valence-corrected chi connectivity index (χ1v) is 8.28. The van der Waals surface area contributed by atoms with Gasteiger partial charge in [0.05, 0.1) is 10.0 Å². The molecule has 1 aliphatic heterocycles. The maximum Gasteiger partial charge on any atom is 0.220 e. The highest BCUT2D eigenvalue weighted by Gasteiger charge is 2.21. The zero-order chi connectivity index (χ0) is 15.2. The van der Waals surface area contributed by atoms with Crippen LogP contribution in [0.3, 0.4) is 0 Å². The largest absolute Gasteiger partial charge is 0.352 e. The molecule has 2 unspecified atom stereocenters. The highest BCUT2D eigenvalue weighted by atomic mass is 35.5. The summed E-state index contributed by atoms with van der Waals surface area (Å²) >= 11 is 11.9. The number of hydrogen-bond donors (Lipinski definition) is 2. The lowest BCUT2D eigenvalue weighted by atomic mass is 9.99. The predicted octanol–water partition coefficient (Wildman–Crippen LogP) is 3.57. The molecule has 21 heavy (non-hydrogen) atoms. The van der Waals surface area contributed by atoms with Crippen LogP contribution in [0, 0.1) is 0 Å². The van der Waals surface area contributed by atoms with Gasteiger partial charge in [0, 0.05) is 18.5 Å². The van der Waals surface area contributed by atoms with Crippen LogP contribution < -0.4 is 10.6 Å². The molecule has 116 valence electrons. The van der Waals surface area contributed by atoms with Crippen LogP contribution in [0.2, 0.25) is 10.0 Å². The van der Waals surface area contributed by atoms with Gasteiger partial charge in [0.15, 0.2) is 0 Å². The van der Waals surface area contributed by atoms with Crippen molar-refractivity contribution in [2.45, 2.75) is 51.1 Å². The van der Waals surface area contributed by atoms with Gasteiger partial charge < -0.3 is 10.6 Å². The first kappa shape index (κ1) is 16.6. The van der Waals surface area contributed by atoms with Crippen LogP contribution in [0.1, 0.15) is 38.2 Å². The van der Waals surface area contributed by atoms with Gasteiger partial charge in [-0.25, -0.2) is 0 Å². The number of carbonyl (C=O) groups is 1. The molecular weight excluding hydrogens is 307 g/mol. The van der Waals surface area contributed by atoms with E-state index >= 15 is 0 Å². The molecule has 1 amide bonds. The molecule has 0 saturated carbocycles. The molecule has 0 bridgehead atoms. The van der Waals surface area contributed by atoms with E-state index in [4.69, 9.17) is 23.2 Å². The van der Waals surface area contributed by atoms with Crippen LogP contribution >= 0.6 is 23.2 Å². The number of amides is 1. The average molecular weight is 329 g/mol. The van der Waals surface area contributed by atoms with Crippen molar-refractivity contribution in [3.05, 3.63) is 33.8 Å². The summed E-state index contributed by atoms with van der Waals surface area (Å²) < 4.78 is 0. The monoisotopic (exact) mass is 328 g/mol. The maximum atomic E-state index is 12.0. The molecule has 1 fully saturated rings. The van der Waals surface area contributed by atoms with E-state index in [-0.39, 0.29) is 11.9 Å². The Hall–Kier alpha value is -0.770. The van der Waals surface area contributed by atoms with Gasteiger partial charge >= 0.3 is 0 Å². The second kappa shape index (κ2) is 8.02. The lowest BCUT2D eigenvalue weighted by Crippen LogP contribution is -2.51. The Morgan fingerprint density at radius 1 is 1.38 bits per heavy atom. The van der Waals surface area contributed by atoms with Crippen molar-refractivity contribution in [1.82, 2.24) is 10.6 Å². The fourth-order valence-electron chi connectivity index (χ4n) is 2.67. The molecule has 1 heterocycles. The van der Waals surface area contributed by atoms with Crippen molar-refractivity contribution in [3.63, 3.8) is 0 Å². The van der Waals surface area contributed by atoms with Gasteiger partial charge in [-0.15, -0.1) is 0 Å². The summed E-state index contributed by atoms with van der Waals surface area (Å²) in [6.45, 7) is 3.17. The number of hydrogen-bond acceptors (Lipinski definition) is 2. The van der Waals surface area contributed by atoms with E-state index in [2.05, 4.69) is 17.6 Å². The van der Waals surface area contributed by atoms with Gasteiger partial charge in [0.2, 0.25) is 5.91 Å². The van der Waals surface area contributed by atoms with Gasteiger partial charge in [0.1, 0.15) is 0 Å². The summed E-state index contributed by atoms with van der Waals surface area (Å²) in [5.41, 5.74) is 1.12. The van der Waals surface area contributed by atoms with Crippen molar-refractivity contribution in [2.75, 3.05) is 6.54 Å². The standard InChI is InChI=1S/C16H22Cl2N2O/c1-11-15(5-3-9-19-11)20-16(21)6-2-4-12-7-8-13(17)14(18)10-12/h7-8,10-11,15,19H,2-6,9H2,1H3,(H,20,21). The van der Waals surface area contributed by atoms with E-state index in [0.29, 0.717) is 22.5 Å². The molecule has 1 aromatic carbocycles. The van der Waals surface area contributed by atoms with Crippen molar-refractivity contribution in [3.8, 4) is 0 Å². The number of nitrogens with one attached hydrogen (secondary N) is 2. The van der Waals surface area contributed by atoms with Crippen molar-refractivity contribution in [1.29, 1.82) is 0 Å². The van der Waals surface area contributed by atoms with Crippen LogP contribution in [-0.4, -0.2) is 24.5 Å². The molecule has 1 saturated heterocycles. The Morgan fingerprint density at radius 3 is 2.90 bits per heavy atom. The minimum atomic E-state index is 0.135. The lowest BCUT2D eigenvalue weighted by Gasteiger charge is -2.30. The summed E-state index contributed by atoms with van der Waals surface area (Å²) in [5.74, 6) is 0.135. The molecule has 1 aromatic rings. The summed E-state index contributed by atoms with van der Waals surface area (Å²) in [5, 5.41) is 7.65. The minimum absolute atomic E-state index is 0.135. The van der Waals surface area contributed by atoms with Crippen LogP contribution in [0.4, 0.5) is 0 Å². The topological polar surface area (TPSA) is 41.1 Å². The first-order chi connectivity index (χ1) is 10.1. The molecule has 0 aromatic heterocycles. The fourth-order valence-corrected chi connectivity index (χ4v) is 2.99. The van der Waals surface area contributed by atoms with E-state index in [1.807, 2.05) is 12.1 Å². The maximum absolute atomic E-state index is 12.0. The Kier molecular flexibility index (Phi) is 6.34. The first-order valence-electron chi connectivity index (χ1n) is 7.53. The number of aryl methyl sites for hydroxylation is 1. The Bertz CT molecular complexity index is 493. The molecular formula is C16H22Cl2N2O. The van der Waals surface area contributed by atoms with E-state index in [0.717, 1.165) is 37.8 Å². The van der Waals surface area contributed by atoms with E-state index in [1.165, 1.54) is 0 Å². The molecule has 0 radical (unpaired) electrons. The third kappa shape index (κ3) is 5.17. The molecule has 3 nitrogen and oxygen atoms in total. The number of benzene rings is 1. The van der Waals surface area contributed by atoms with Gasteiger partial charge in [-0.3, -0.25) is 4.79 Å². The molecule has 2 rings (SSSR count). The second-order valence-electron chi connectivity index (χ2n) is 5.66. The van der Waals surface area contributed by atoms with Crippen LogP contribution in [0.25, 0.3) is 0 Å². The SMILES string of the molecule is CC1NCCCC1NC(=O)CCCc1ccc(Cl)c(Cl)c1. The zero-order valence-corrected chi connectivity index (χ0v) is 13.8. The van der Waals surface area contributed by atoms with Crippen LogP contribution in [0.15, 0.2) is 18.2 Å². The zero-order valence-electron chi connectivity index (χ0n) is 12.3. The summed E-state index contributed by atoms with van der Waals surface area (Å²) in [6.07, 6.45) is 4.38. The smallest absolute Gasteiger partial charge is 0.220 e. The summed E-state index contributed by atoms with van der Waals surface area (Å²) in [6, 6.07) is 6.25. The average Bonchev–Trinajstić information content (AvgIpc) is 2.45. The number of carbonyl (C=O) groups excluding carboxylic acids is 1. The quantitative estimate of drug-likeness (QED) is 0.867. The second-order valence-corrected chi connectivity index (χ2v) is 6.48. The van der Waals surface area contributed by atoms with Crippen molar-refractivity contribution >= 4 is 29.1 Å². The van der Waals surface area contributed by atoms with Gasteiger partial charge in [-0.05, 0) is 56.8 Å². The Balaban J connectivity index is 1.72. The third-order valence-corrected chi connectivity index (χ3v) is 4.70. The van der Waals surface area contributed by atoms with Crippen molar-refractivity contribution in [2.24, 2.45) is 0 Å². The molecule has 2 N–H and O–H groups in total. The highest BCUT2D eigenvalue weighted by molar-refractivity contribution is 6.42. The molecule has 1 aliphatic rings. The van der Waals surface area contributed by atoms with E-state index in [9.17, 15) is 4.79 Å². The van der Waals surface area contributed by atoms with Crippen LogP contribution in [-0.2, 0) is 11.2 Å². The van der Waals surface area contributed by atoms with Crippen molar-refractivity contribution < 1.29 is 4.79 Å². The van der Waals surface area contributed by atoms with Crippen LogP contribution in [0.5, 0.6) is 0 Å². The highest BCUT2D eigenvalue weighted by Crippen LogP contribution is 2.23. The Morgan fingerprint density at radius 2 is 2.19 bits per heavy atom. The number of piperidine rings is 1. The number of rotatable bonds is 5. The molecule has 0 aliphatic carbocycles. The third-order valence-electron chi connectivity index (χ3n) is 3.96. The van der Waals surface area contributed by atoms with E-state index < -0.39 is 0 Å². The van der Waals surface area contributed by atoms with Gasteiger partial charge in [-0.2, -0.15) is 0 Å². The fraction of sp³-hybridized carbons (Fsp3) is 0.562. The minimum Gasteiger partial charge on any atom is -0.352 e. The molecule has 5 heteroatoms. The summed E-state index contributed by atoms with van der Waals surface area (Å²) in [4.78, 5) is 12.0. The predicted molar refractivity (Wildman–Crippen MR) is 88.0 cm³/mol. The molecule has 0 spiro atoms. The number of halogens is 2. The van der Waals surface area contributed by atoms with Gasteiger partial charge in [-0.1, -0.05) is 29.3 Å². The molecule has 2 atom stereocenters. The summed E-state index contributed by atoms with van der Waals surface area (Å²) in [7, 11) is 0. The van der Waals surface area contributed by atoms with Gasteiger partial charge in [0.25, 0.3) is 0 Å². The Labute approximate surface area is 136 Å².